The van der Waals surface area contributed by atoms with Gasteiger partial charge >= 0.3 is 0 Å². The van der Waals surface area contributed by atoms with Gasteiger partial charge in [-0.05, 0) is 12.8 Å². The van der Waals surface area contributed by atoms with Gasteiger partial charge in [0.2, 0.25) is 5.91 Å². The standard InChI is InChI=1S/C36H73NO3/c1-3-5-7-9-11-13-15-17-18-20-21-23-25-27-29-31-35(39)34(33-38)37-36(40)32-30-28-26-24-22-19-16-14-12-10-8-6-4-2/h34-35,38-39H,3-33H2,1-2H3,(H,37,40). The fourth-order valence-electron chi connectivity index (χ4n) is 5.77. The minimum atomic E-state index is -0.650. The number of amides is 1. The van der Waals surface area contributed by atoms with Crippen LogP contribution >= 0.6 is 0 Å². The summed E-state index contributed by atoms with van der Waals surface area (Å²) in [6.07, 6.45) is 37.2. The average Bonchev–Trinajstić information content (AvgIpc) is 2.96. The lowest BCUT2D eigenvalue weighted by Gasteiger charge is -2.22. The van der Waals surface area contributed by atoms with Crippen molar-refractivity contribution in [1.82, 2.24) is 5.32 Å². The van der Waals surface area contributed by atoms with Crippen LogP contribution in [0.3, 0.4) is 0 Å². The first-order valence-corrected chi connectivity index (χ1v) is 18.2. The molecule has 40 heavy (non-hydrogen) atoms. The van der Waals surface area contributed by atoms with Gasteiger partial charge in [0.15, 0.2) is 0 Å². The summed E-state index contributed by atoms with van der Waals surface area (Å²) in [5.41, 5.74) is 0. The number of hydrogen-bond acceptors (Lipinski definition) is 3. The SMILES string of the molecule is CCCCCCCCCCCCCCCCCC(O)C(CO)NC(=O)CCCCCCCCCCCCCCC. The molecule has 0 saturated carbocycles. The molecule has 2 atom stereocenters. The molecule has 4 heteroatoms. The van der Waals surface area contributed by atoms with Crippen molar-refractivity contribution in [2.75, 3.05) is 6.61 Å². The van der Waals surface area contributed by atoms with Crippen molar-refractivity contribution in [2.45, 2.75) is 219 Å². The maximum absolute atomic E-state index is 12.3. The Hall–Kier alpha value is -0.610. The molecule has 0 aliphatic heterocycles. The van der Waals surface area contributed by atoms with Crippen LogP contribution in [0.25, 0.3) is 0 Å². The second-order valence-corrected chi connectivity index (χ2v) is 12.7. The molecule has 240 valence electrons. The Labute approximate surface area is 251 Å². The third-order valence-corrected chi connectivity index (χ3v) is 8.62. The number of aliphatic hydroxyl groups is 2. The fourth-order valence-corrected chi connectivity index (χ4v) is 5.77. The Morgan fingerprint density at radius 3 is 1.12 bits per heavy atom. The molecular formula is C36H73NO3. The lowest BCUT2D eigenvalue weighted by Crippen LogP contribution is -2.45. The predicted octanol–water partition coefficient (Wildman–Crippen LogP) is 10.6. The molecule has 4 nitrogen and oxygen atoms in total. The summed E-state index contributed by atoms with van der Waals surface area (Å²) < 4.78 is 0. The summed E-state index contributed by atoms with van der Waals surface area (Å²) >= 11 is 0. The number of carbonyl (C=O) groups excluding carboxylic acids is 1. The highest BCUT2D eigenvalue weighted by molar-refractivity contribution is 5.76. The number of hydrogen-bond donors (Lipinski definition) is 3. The van der Waals surface area contributed by atoms with Crippen LogP contribution in [0, 0.1) is 0 Å². The number of carbonyl (C=O) groups is 1. The zero-order valence-corrected chi connectivity index (χ0v) is 27.4. The molecule has 0 heterocycles. The van der Waals surface area contributed by atoms with E-state index in [0.29, 0.717) is 12.8 Å². The van der Waals surface area contributed by atoms with Gasteiger partial charge in [0.1, 0.15) is 0 Å². The maximum Gasteiger partial charge on any atom is 0.220 e. The van der Waals surface area contributed by atoms with E-state index >= 15 is 0 Å². The molecular weight excluding hydrogens is 494 g/mol. The van der Waals surface area contributed by atoms with Crippen molar-refractivity contribution in [1.29, 1.82) is 0 Å². The minimum Gasteiger partial charge on any atom is -0.394 e. The van der Waals surface area contributed by atoms with E-state index in [4.69, 9.17) is 0 Å². The van der Waals surface area contributed by atoms with Gasteiger partial charge in [-0.15, -0.1) is 0 Å². The monoisotopic (exact) mass is 568 g/mol. The van der Waals surface area contributed by atoms with E-state index in [-0.39, 0.29) is 12.5 Å². The second kappa shape index (κ2) is 32.9. The summed E-state index contributed by atoms with van der Waals surface area (Å²) in [7, 11) is 0. The first kappa shape index (κ1) is 39.4. The highest BCUT2D eigenvalue weighted by atomic mass is 16.3. The van der Waals surface area contributed by atoms with Crippen molar-refractivity contribution in [3.05, 3.63) is 0 Å². The summed E-state index contributed by atoms with van der Waals surface area (Å²) in [6.45, 7) is 4.36. The first-order chi connectivity index (χ1) is 19.7. The predicted molar refractivity (Wildman–Crippen MR) is 175 cm³/mol. The molecule has 1 amide bonds. The fraction of sp³-hybridized carbons (Fsp3) is 0.972. The lowest BCUT2D eigenvalue weighted by molar-refractivity contribution is -0.123. The van der Waals surface area contributed by atoms with E-state index in [0.717, 1.165) is 25.7 Å². The third-order valence-electron chi connectivity index (χ3n) is 8.62. The quantitative estimate of drug-likeness (QED) is 0.0691. The van der Waals surface area contributed by atoms with Gasteiger partial charge in [-0.2, -0.15) is 0 Å². The zero-order chi connectivity index (χ0) is 29.4. The first-order valence-electron chi connectivity index (χ1n) is 18.2. The Morgan fingerprint density at radius 2 is 0.800 bits per heavy atom. The van der Waals surface area contributed by atoms with Crippen molar-refractivity contribution >= 4 is 5.91 Å². The molecule has 0 aromatic rings. The molecule has 0 radical (unpaired) electrons. The normalized spacial score (nSPS) is 13.0. The molecule has 0 spiro atoms. The molecule has 0 rings (SSSR count). The van der Waals surface area contributed by atoms with Crippen LogP contribution < -0.4 is 5.32 Å². The van der Waals surface area contributed by atoms with Gasteiger partial charge in [-0.3, -0.25) is 4.79 Å². The van der Waals surface area contributed by atoms with Gasteiger partial charge in [0.05, 0.1) is 18.8 Å². The minimum absolute atomic E-state index is 0.0299. The number of aliphatic hydroxyl groups excluding tert-OH is 2. The Balaban J connectivity index is 3.53. The molecule has 0 saturated heterocycles. The molecule has 2 unspecified atom stereocenters. The van der Waals surface area contributed by atoms with Gasteiger partial charge in [-0.25, -0.2) is 0 Å². The summed E-state index contributed by atoms with van der Waals surface area (Å²) in [5.74, 6) is -0.0299. The van der Waals surface area contributed by atoms with E-state index in [1.807, 2.05) is 0 Å². The number of unbranched alkanes of at least 4 members (excludes halogenated alkanes) is 26. The maximum atomic E-state index is 12.3. The zero-order valence-electron chi connectivity index (χ0n) is 27.4. The largest absolute Gasteiger partial charge is 0.394 e. The van der Waals surface area contributed by atoms with Crippen molar-refractivity contribution < 1.29 is 15.0 Å². The topological polar surface area (TPSA) is 69.6 Å². The van der Waals surface area contributed by atoms with Gasteiger partial charge < -0.3 is 15.5 Å². The van der Waals surface area contributed by atoms with Crippen LogP contribution in [-0.2, 0) is 4.79 Å². The van der Waals surface area contributed by atoms with E-state index in [2.05, 4.69) is 19.2 Å². The van der Waals surface area contributed by atoms with Gasteiger partial charge in [0.25, 0.3) is 0 Å². The third kappa shape index (κ3) is 28.9. The Morgan fingerprint density at radius 1 is 0.500 bits per heavy atom. The molecule has 0 aliphatic carbocycles. The van der Waals surface area contributed by atoms with Crippen molar-refractivity contribution in [3.63, 3.8) is 0 Å². The van der Waals surface area contributed by atoms with E-state index in [1.54, 1.807) is 0 Å². The Bertz CT molecular complexity index is 498. The lowest BCUT2D eigenvalue weighted by atomic mass is 10.0. The van der Waals surface area contributed by atoms with Crippen LogP contribution in [0.2, 0.25) is 0 Å². The van der Waals surface area contributed by atoms with Crippen LogP contribution in [0.5, 0.6) is 0 Å². The summed E-state index contributed by atoms with van der Waals surface area (Å²) in [4.78, 5) is 12.3. The molecule has 0 fully saturated rings. The van der Waals surface area contributed by atoms with Gasteiger partial charge in [0, 0.05) is 6.42 Å². The van der Waals surface area contributed by atoms with Crippen LogP contribution in [-0.4, -0.2) is 34.9 Å². The van der Waals surface area contributed by atoms with E-state index in [9.17, 15) is 15.0 Å². The van der Waals surface area contributed by atoms with E-state index in [1.165, 1.54) is 154 Å². The number of rotatable bonds is 33. The molecule has 0 aliphatic rings. The van der Waals surface area contributed by atoms with Crippen molar-refractivity contribution in [3.8, 4) is 0 Å². The summed E-state index contributed by atoms with van der Waals surface area (Å²) in [5, 5.41) is 23.0. The Kier molecular flexibility index (Phi) is 32.4. The summed E-state index contributed by atoms with van der Waals surface area (Å²) in [6, 6.07) is -0.527. The van der Waals surface area contributed by atoms with Crippen LogP contribution in [0.15, 0.2) is 0 Å². The molecule has 0 aromatic carbocycles. The van der Waals surface area contributed by atoms with Gasteiger partial charge in [-0.1, -0.05) is 187 Å². The molecule has 0 aromatic heterocycles. The highest BCUT2D eigenvalue weighted by Crippen LogP contribution is 2.16. The number of nitrogens with one attached hydrogen (secondary N) is 1. The van der Waals surface area contributed by atoms with E-state index < -0.39 is 12.1 Å². The average molecular weight is 568 g/mol. The van der Waals surface area contributed by atoms with Crippen molar-refractivity contribution in [2.24, 2.45) is 0 Å². The van der Waals surface area contributed by atoms with Crippen LogP contribution in [0.1, 0.15) is 206 Å². The molecule has 0 bridgehead atoms. The van der Waals surface area contributed by atoms with Crippen LogP contribution in [0.4, 0.5) is 0 Å². The highest BCUT2D eigenvalue weighted by Gasteiger charge is 2.19. The second-order valence-electron chi connectivity index (χ2n) is 12.7. The smallest absolute Gasteiger partial charge is 0.220 e. The molecule has 3 N–H and O–H groups in total.